The van der Waals surface area contributed by atoms with Crippen molar-refractivity contribution >= 4 is 17.7 Å². The van der Waals surface area contributed by atoms with Gasteiger partial charge in [0.2, 0.25) is 5.91 Å². The predicted octanol–water partition coefficient (Wildman–Crippen LogP) is 0.445. The van der Waals surface area contributed by atoms with Gasteiger partial charge in [-0.15, -0.1) is 0 Å². The van der Waals surface area contributed by atoms with Crippen LogP contribution in [0.2, 0.25) is 0 Å². The molecule has 0 fully saturated rings. The van der Waals surface area contributed by atoms with E-state index in [-0.39, 0.29) is 18.9 Å². The first-order valence-corrected chi connectivity index (χ1v) is 5.50. The number of carbonyl (C=O) groups excluding carboxylic acids is 1. The van der Waals surface area contributed by atoms with Crippen LogP contribution in [-0.4, -0.2) is 31.9 Å². The Hall–Kier alpha value is -2.64. The fourth-order valence-corrected chi connectivity index (χ4v) is 1.51. The largest absolute Gasteiger partial charge is 0.480 e. The number of anilines is 1. The molecule has 8 heteroatoms. The SMILES string of the molecule is Cc1cc(CC(=O)Nc2ccn(CC(=O)O)n2)no1. The molecule has 0 saturated heterocycles. The lowest BCUT2D eigenvalue weighted by Crippen LogP contribution is -2.16. The molecule has 0 saturated carbocycles. The van der Waals surface area contributed by atoms with Crippen LogP contribution in [0.15, 0.2) is 22.9 Å². The molecule has 2 heterocycles. The van der Waals surface area contributed by atoms with E-state index in [1.165, 1.54) is 16.9 Å². The second kappa shape index (κ2) is 5.34. The maximum Gasteiger partial charge on any atom is 0.325 e. The monoisotopic (exact) mass is 264 g/mol. The molecular weight excluding hydrogens is 252 g/mol. The molecule has 0 radical (unpaired) electrons. The summed E-state index contributed by atoms with van der Waals surface area (Å²) in [6, 6.07) is 3.19. The van der Waals surface area contributed by atoms with Gasteiger partial charge >= 0.3 is 5.97 Å². The summed E-state index contributed by atoms with van der Waals surface area (Å²) in [6.07, 6.45) is 1.55. The van der Waals surface area contributed by atoms with Crippen molar-refractivity contribution in [1.29, 1.82) is 0 Å². The number of aromatic nitrogens is 3. The molecule has 0 aliphatic carbocycles. The number of hydrogen-bond donors (Lipinski definition) is 2. The van der Waals surface area contributed by atoms with E-state index in [0.717, 1.165) is 0 Å². The first-order chi connectivity index (χ1) is 9.02. The van der Waals surface area contributed by atoms with Gasteiger partial charge < -0.3 is 14.9 Å². The molecule has 19 heavy (non-hydrogen) atoms. The summed E-state index contributed by atoms with van der Waals surface area (Å²) >= 11 is 0. The fourth-order valence-electron chi connectivity index (χ4n) is 1.51. The molecule has 0 bridgehead atoms. The third kappa shape index (κ3) is 3.66. The van der Waals surface area contributed by atoms with E-state index in [1.54, 1.807) is 13.0 Å². The maximum absolute atomic E-state index is 11.7. The highest BCUT2D eigenvalue weighted by Crippen LogP contribution is 2.06. The molecule has 0 unspecified atom stereocenters. The first-order valence-electron chi connectivity index (χ1n) is 5.50. The smallest absolute Gasteiger partial charge is 0.325 e. The minimum absolute atomic E-state index is 0.0726. The van der Waals surface area contributed by atoms with Gasteiger partial charge in [0, 0.05) is 18.3 Å². The highest BCUT2D eigenvalue weighted by molar-refractivity contribution is 5.91. The van der Waals surface area contributed by atoms with Crippen LogP contribution < -0.4 is 5.32 Å². The van der Waals surface area contributed by atoms with E-state index < -0.39 is 5.97 Å². The minimum Gasteiger partial charge on any atom is -0.480 e. The number of nitrogens with zero attached hydrogens (tertiary/aromatic N) is 3. The Balaban J connectivity index is 1.91. The Morgan fingerprint density at radius 3 is 2.95 bits per heavy atom. The maximum atomic E-state index is 11.7. The predicted molar refractivity (Wildman–Crippen MR) is 63.4 cm³/mol. The molecule has 2 aromatic rings. The molecule has 0 aromatic carbocycles. The van der Waals surface area contributed by atoms with Crippen molar-refractivity contribution in [3.8, 4) is 0 Å². The number of aryl methyl sites for hydroxylation is 1. The van der Waals surface area contributed by atoms with Gasteiger partial charge in [0.05, 0.1) is 12.1 Å². The van der Waals surface area contributed by atoms with Crippen LogP contribution in [0.3, 0.4) is 0 Å². The van der Waals surface area contributed by atoms with Crippen LogP contribution in [0.5, 0.6) is 0 Å². The van der Waals surface area contributed by atoms with Crippen molar-refractivity contribution < 1.29 is 19.2 Å². The van der Waals surface area contributed by atoms with Crippen molar-refractivity contribution in [1.82, 2.24) is 14.9 Å². The molecule has 0 aliphatic rings. The summed E-state index contributed by atoms with van der Waals surface area (Å²) in [7, 11) is 0. The first kappa shape index (κ1) is 12.8. The number of hydrogen-bond acceptors (Lipinski definition) is 5. The number of amides is 1. The molecule has 0 atom stereocenters. The number of carboxylic acids is 1. The molecule has 8 nitrogen and oxygen atoms in total. The highest BCUT2D eigenvalue weighted by Gasteiger charge is 2.10. The van der Waals surface area contributed by atoms with Crippen molar-refractivity contribution in [3.63, 3.8) is 0 Å². The second-order valence-corrected chi connectivity index (χ2v) is 3.95. The van der Waals surface area contributed by atoms with Crippen molar-refractivity contribution in [2.24, 2.45) is 0 Å². The van der Waals surface area contributed by atoms with Gasteiger partial charge in [-0.3, -0.25) is 14.3 Å². The normalized spacial score (nSPS) is 10.4. The third-order valence-electron chi connectivity index (χ3n) is 2.22. The summed E-state index contributed by atoms with van der Waals surface area (Å²) in [5.41, 5.74) is 0.528. The fraction of sp³-hybridized carbons (Fsp3) is 0.273. The molecule has 2 N–H and O–H groups in total. The molecule has 2 aromatic heterocycles. The van der Waals surface area contributed by atoms with Gasteiger partial charge in [0.1, 0.15) is 12.3 Å². The number of aliphatic carboxylic acids is 1. The van der Waals surface area contributed by atoms with Crippen molar-refractivity contribution in [2.45, 2.75) is 19.9 Å². The Morgan fingerprint density at radius 2 is 2.32 bits per heavy atom. The highest BCUT2D eigenvalue weighted by atomic mass is 16.5. The van der Waals surface area contributed by atoms with Gasteiger partial charge in [0.15, 0.2) is 5.82 Å². The third-order valence-corrected chi connectivity index (χ3v) is 2.22. The molecule has 1 amide bonds. The second-order valence-electron chi connectivity index (χ2n) is 3.95. The van der Waals surface area contributed by atoms with Gasteiger partial charge in [0.25, 0.3) is 0 Å². The number of carboxylic acid groups (broad SMARTS) is 1. The molecule has 0 spiro atoms. The average Bonchev–Trinajstić information content (AvgIpc) is 2.88. The summed E-state index contributed by atoms with van der Waals surface area (Å²) in [5.74, 6) is -0.368. The van der Waals surface area contributed by atoms with Crippen LogP contribution in [0.25, 0.3) is 0 Å². The summed E-state index contributed by atoms with van der Waals surface area (Å²) in [6.45, 7) is 1.49. The lowest BCUT2D eigenvalue weighted by molar-refractivity contribution is -0.137. The summed E-state index contributed by atoms with van der Waals surface area (Å²) in [4.78, 5) is 22.1. The minimum atomic E-state index is -1.00. The lowest BCUT2D eigenvalue weighted by atomic mass is 10.3. The summed E-state index contributed by atoms with van der Waals surface area (Å²) in [5, 5.41) is 18.7. The van der Waals surface area contributed by atoms with Crippen molar-refractivity contribution in [2.75, 3.05) is 5.32 Å². The van der Waals surface area contributed by atoms with Gasteiger partial charge in [-0.25, -0.2) is 0 Å². The van der Waals surface area contributed by atoms with Crippen LogP contribution >= 0.6 is 0 Å². The molecule has 0 aliphatic heterocycles. The molecule has 100 valence electrons. The van der Waals surface area contributed by atoms with E-state index in [4.69, 9.17) is 9.63 Å². The Kier molecular flexibility index (Phi) is 3.60. The average molecular weight is 264 g/mol. The lowest BCUT2D eigenvalue weighted by Gasteiger charge is -1.99. The molecular formula is C11H12N4O4. The van der Waals surface area contributed by atoms with Crippen LogP contribution in [0.1, 0.15) is 11.5 Å². The Morgan fingerprint density at radius 1 is 1.53 bits per heavy atom. The van der Waals surface area contributed by atoms with E-state index in [2.05, 4.69) is 15.6 Å². The van der Waals surface area contributed by atoms with Crippen LogP contribution in [0, 0.1) is 6.92 Å². The topological polar surface area (TPSA) is 110 Å². The van der Waals surface area contributed by atoms with E-state index >= 15 is 0 Å². The number of carbonyl (C=O) groups is 2. The van der Waals surface area contributed by atoms with Gasteiger partial charge in [-0.05, 0) is 6.92 Å². The zero-order valence-electron chi connectivity index (χ0n) is 10.2. The standard InChI is InChI=1S/C11H12N4O4/c1-7-4-8(14-19-7)5-10(16)12-9-2-3-15(13-9)6-11(17)18/h2-4H,5-6H2,1H3,(H,17,18)(H,12,13,16). The van der Waals surface area contributed by atoms with Gasteiger partial charge in [-0.1, -0.05) is 5.16 Å². The zero-order chi connectivity index (χ0) is 13.8. The number of rotatable bonds is 5. The van der Waals surface area contributed by atoms with E-state index in [0.29, 0.717) is 17.3 Å². The quantitative estimate of drug-likeness (QED) is 0.811. The zero-order valence-corrected chi connectivity index (χ0v) is 10.2. The summed E-state index contributed by atoms with van der Waals surface area (Å²) < 4.78 is 6.07. The van der Waals surface area contributed by atoms with Gasteiger partial charge in [-0.2, -0.15) is 5.10 Å². The Labute approximate surface area is 108 Å². The van der Waals surface area contributed by atoms with E-state index in [9.17, 15) is 9.59 Å². The number of nitrogens with one attached hydrogen (secondary N) is 1. The molecule has 2 rings (SSSR count). The van der Waals surface area contributed by atoms with E-state index in [1.807, 2.05) is 0 Å². The Bertz CT molecular complexity index is 601. The van der Waals surface area contributed by atoms with Crippen LogP contribution in [-0.2, 0) is 22.6 Å². The van der Waals surface area contributed by atoms with Crippen LogP contribution in [0.4, 0.5) is 5.82 Å². The van der Waals surface area contributed by atoms with Crippen molar-refractivity contribution in [3.05, 3.63) is 29.8 Å².